The molecular weight excluding hydrogens is 752 g/mol. The first-order chi connectivity index (χ1) is 21.4. The number of phenols is 1. The van der Waals surface area contributed by atoms with Crippen LogP contribution in [0.3, 0.4) is 0 Å². The molecule has 0 aliphatic carbocycles. The van der Waals surface area contributed by atoms with E-state index in [9.17, 15) is 5.11 Å². The molecule has 0 amide bonds. The van der Waals surface area contributed by atoms with Gasteiger partial charge in [0.25, 0.3) is 0 Å². The summed E-state index contributed by atoms with van der Waals surface area (Å²) in [6, 6.07) is 42.7. The van der Waals surface area contributed by atoms with E-state index in [4.69, 9.17) is 4.98 Å². The minimum absolute atomic E-state index is 0. The van der Waals surface area contributed by atoms with Crippen molar-refractivity contribution in [1.82, 2.24) is 9.97 Å². The SMILES string of the molecule is CC(C)c1cc(-c2ccc(-c3[c-]c(Sc4ccccn4)cc(-c4ccccc4)c3)nc2-c2ccccc2O)cc(C(C)C)c1.[Pt]. The predicted molar refractivity (Wildman–Crippen MR) is 183 cm³/mol. The van der Waals surface area contributed by atoms with E-state index >= 15 is 0 Å². The summed E-state index contributed by atoms with van der Waals surface area (Å²) in [6.45, 7) is 8.91. The number of rotatable bonds is 8. The average Bonchev–Trinajstić information content (AvgIpc) is 3.05. The zero-order chi connectivity index (χ0) is 30.6. The van der Waals surface area contributed by atoms with Crippen LogP contribution in [-0.2, 0) is 21.1 Å². The fourth-order valence-electron chi connectivity index (χ4n) is 5.27. The Labute approximate surface area is 285 Å². The fraction of sp³-hybridized carbons (Fsp3) is 0.150. The minimum Gasteiger partial charge on any atom is -0.507 e. The van der Waals surface area contributed by atoms with Gasteiger partial charge in [-0.05, 0) is 64.0 Å². The van der Waals surface area contributed by atoms with Gasteiger partial charge >= 0.3 is 0 Å². The summed E-state index contributed by atoms with van der Waals surface area (Å²) in [5, 5.41) is 11.9. The summed E-state index contributed by atoms with van der Waals surface area (Å²) in [6.07, 6.45) is 1.81. The Kier molecular flexibility index (Phi) is 10.4. The van der Waals surface area contributed by atoms with Gasteiger partial charge in [-0.1, -0.05) is 129 Å². The van der Waals surface area contributed by atoms with Gasteiger partial charge in [-0.3, -0.25) is 4.98 Å². The number of benzene rings is 4. The second kappa shape index (κ2) is 14.4. The van der Waals surface area contributed by atoms with E-state index in [-0.39, 0.29) is 26.8 Å². The van der Waals surface area contributed by atoms with Crippen molar-refractivity contribution in [3.8, 4) is 50.5 Å². The Morgan fingerprint density at radius 2 is 1.33 bits per heavy atom. The standard InChI is InChI=1S/C40H35N2OS.Pt/c1-26(2)29-20-30(27(3)4)22-32(21-29)35-17-18-37(42-40(35)36-14-8-9-15-38(36)43)33-23-31(28-12-6-5-7-13-28)24-34(25-33)44-39-16-10-11-19-41-39;/h5-24,26-27,43H,1-4H3;/q-1;. The Hall–Kier alpha value is -3.98. The van der Waals surface area contributed by atoms with E-state index in [0.717, 1.165) is 49.1 Å². The minimum atomic E-state index is 0. The number of nitrogens with zero attached hydrogens (tertiary/aromatic N) is 2. The number of phenolic OH excluding ortho intramolecular Hbond substituents is 1. The van der Waals surface area contributed by atoms with Crippen molar-refractivity contribution in [3.63, 3.8) is 0 Å². The third-order valence-corrected chi connectivity index (χ3v) is 8.65. The van der Waals surface area contributed by atoms with Crippen LogP contribution in [0.15, 0.2) is 131 Å². The molecule has 2 heterocycles. The molecule has 5 heteroatoms. The molecule has 45 heavy (non-hydrogen) atoms. The Morgan fingerprint density at radius 1 is 0.644 bits per heavy atom. The molecule has 1 N–H and O–H groups in total. The summed E-state index contributed by atoms with van der Waals surface area (Å²) < 4.78 is 0. The number of pyridine rings is 2. The first-order valence-corrected chi connectivity index (χ1v) is 15.8. The van der Waals surface area contributed by atoms with Gasteiger partial charge in [0.2, 0.25) is 0 Å². The van der Waals surface area contributed by atoms with Gasteiger partial charge in [0.05, 0.1) is 10.7 Å². The number of aromatic nitrogens is 2. The Bertz CT molecular complexity index is 1880. The van der Waals surface area contributed by atoms with E-state index in [1.807, 2.05) is 48.7 Å². The Balaban J connectivity index is 0.00000400. The molecule has 0 saturated heterocycles. The maximum atomic E-state index is 11.0. The summed E-state index contributed by atoms with van der Waals surface area (Å²) in [5.74, 6) is 0.980. The zero-order valence-electron chi connectivity index (χ0n) is 25.8. The largest absolute Gasteiger partial charge is 0.507 e. The van der Waals surface area contributed by atoms with Crippen LogP contribution >= 0.6 is 11.8 Å². The molecule has 4 aromatic carbocycles. The molecule has 0 radical (unpaired) electrons. The molecule has 0 bridgehead atoms. The van der Waals surface area contributed by atoms with Crippen LogP contribution < -0.4 is 0 Å². The van der Waals surface area contributed by atoms with Gasteiger partial charge in [0.15, 0.2) is 0 Å². The maximum absolute atomic E-state index is 11.0. The number of para-hydroxylation sites is 1. The van der Waals surface area contributed by atoms with Crippen LogP contribution in [0.25, 0.3) is 44.8 Å². The number of hydrogen-bond acceptors (Lipinski definition) is 4. The first kappa shape index (κ1) is 32.4. The molecule has 0 fully saturated rings. The molecule has 0 saturated carbocycles. The summed E-state index contributed by atoms with van der Waals surface area (Å²) in [5.41, 5.74) is 9.99. The van der Waals surface area contributed by atoms with Gasteiger partial charge in [0.1, 0.15) is 5.75 Å². The van der Waals surface area contributed by atoms with E-state index in [1.54, 1.807) is 17.8 Å². The van der Waals surface area contributed by atoms with Crippen molar-refractivity contribution in [3.05, 3.63) is 139 Å². The first-order valence-electron chi connectivity index (χ1n) is 15.0. The Morgan fingerprint density at radius 3 is 2.00 bits per heavy atom. The molecule has 2 aromatic heterocycles. The topological polar surface area (TPSA) is 46.0 Å². The number of aromatic hydroxyl groups is 1. The van der Waals surface area contributed by atoms with Crippen LogP contribution in [0, 0.1) is 6.07 Å². The summed E-state index contributed by atoms with van der Waals surface area (Å²) >= 11 is 1.58. The molecule has 0 spiro atoms. The molecule has 0 aliphatic heterocycles. The van der Waals surface area contributed by atoms with Crippen LogP contribution in [0.1, 0.15) is 50.7 Å². The third kappa shape index (κ3) is 7.47. The van der Waals surface area contributed by atoms with E-state index < -0.39 is 0 Å². The second-order valence-electron chi connectivity index (χ2n) is 11.6. The quantitative estimate of drug-likeness (QED) is 0.156. The van der Waals surface area contributed by atoms with Crippen LogP contribution in [0.4, 0.5) is 0 Å². The van der Waals surface area contributed by atoms with Crippen molar-refractivity contribution >= 4 is 11.8 Å². The normalized spacial score (nSPS) is 11.1. The van der Waals surface area contributed by atoms with Crippen molar-refractivity contribution in [2.75, 3.05) is 0 Å². The van der Waals surface area contributed by atoms with Crippen LogP contribution in [0.5, 0.6) is 5.75 Å². The van der Waals surface area contributed by atoms with E-state index in [1.165, 1.54) is 11.1 Å². The molecule has 228 valence electrons. The monoisotopic (exact) mass is 786 g/mol. The molecule has 0 unspecified atom stereocenters. The maximum Gasteiger partial charge on any atom is 0.124 e. The van der Waals surface area contributed by atoms with Gasteiger partial charge in [0, 0.05) is 38.4 Å². The summed E-state index contributed by atoms with van der Waals surface area (Å²) in [4.78, 5) is 10.8. The molecule has 0 aliphatic rings. The van der Waals surface area contributed by atoms with Crippen molar-refractivity contribution in [2.45, 2.75) is 49.5 Å². The fourth-order valence-corrected chi connectivity index (χ4v) is 6.11. The second-order valence-corrected chi connectivity index (χ2v) is 12.7. The van der Waals surface area contributed by atoms with Crippen molar-refractivity contribution in [1.29, 1.82) is 0 Å². The molecule has 6 rings (SSSR count). The van der Waals surface area contributed by atoms with Crippen molar-refractivity contribution in [2.24, 2.45) is 0 Å². The zero-order valence-corrected chi connectivity index (χ0v) is 28.9. The van der Waals surface area contributed by atoms with Crippen molar-refractivity contribution < 1.29 is 26.2 Å². The molecule has 3 nitrogen and oxygen atoms in total. The molecular formula is C40H35N2OPtS-. The van der Waals surface area contributed by atoms with Crippen LogP contribution in [0.2, 0.25) is 0 Å². The molecule has 6 aromatic rings. The molecule has 0 atom stereocenters. The average molecular weight is 787 g/mol. The number of hydrogen-bond donors (Lipinski definition) is 1. The summed E-state index contributed by atoms with van der Waals surface area (Å²) in [7, 11) is 0. The van der Waals surface area contributed by atoms with Gasteiger partial charge in [-0.15, -0.1) is 23.8 Å². The van der Waals surface area contributed by atoms with Gasteiger partial charge in [-0.2, -0.15) is 0 Å². The van der Waals surface area contributed by atoms with E-state index in [0.29, 0.717) is 17.4 Å². The smallest absolute Gasteiger partial charge is 0.124 e. The van der Waals surface area contributed by atoms with Crippen LogP contribution in [-0.4, -0.2) is 15.1 Å². The van der Waals surface area contributed by atoms with Gasteiger partial charge < -0.3 is 5.11 Å². The predicted octanol–water partition coefficient (Wildman–Crippen LogP) is 11.0. The van der Waals surface area contributed by atoms with E-state index in [2.05, 4.69) is 105 Å². The van der Waals surface area contributed by atoms with Gasteiger partial charge in [-0.25, -0.2) is 4.98 Å². The third-order valence-electron chi connectivity index (χ3n) is 7.76.